The van der Waals surface area contributed by atoms with E-state index in [4.69, 9.17) is 4.74 Å². The molecule has 0 amide bonds. The van der Waals surface area contributed by atoms with E-state index in [-0.39, 0.29) is 17.9 Å². The second-order valence-electron chi connectivity index (χ2n) is 4.85. The normalized spacial score (nSPS) is 21.0. The highest BCUT2D eigenvalue weighted by molar-refractivity contribution is 5.76. The fourth-order valence-corrected chi connectivity index (χ4v) is 1.71. The number of hydrogen-bond donors (Lipinski definition) is 0. The van der Waals surface area contributed by atoms with Crippen molar-refractivity contribution in [3.05, 3.63) is 71.8 Å². The van der Waals surface area contributed by atoms with E-state index in [9.17, 15) is 13.6 Å². The van der Waals surface area contributed by atoms with Crippen molar-refractivity contribution in [1.29, 1.82) is 0 Å². The molecule has 0 aromatic rings. The predicted octanol–water partition coefficient (Wildman–Crippen LogP) is 5.71. The Hall–Kier alpha value is -2.23. The number of rotatable bonds is 7. The van der Waals surface area contributed by atoms with Gasteiger partial charge < -0.3 is 4.74 Å². The third-order valence-corrected chi connectivity index (χ3v) is 2.78. The predicted molar refractivity (Wildman–Crippen MR) is 95.9 cm³/mol. The maximum absolute atomic E-state index is 14.0. The van der Waals surface area contributed by atoms with Crippen LogP contribution in [0.4, 0.5) is 8.78 Å². The van der Waals surface area contributed by atoms with E-state index >= 15 is 0 Å². The lowest BCUT2D eigenvalue weighted by molar-refractivity contribution is -0.104. The minimum Gasteiger partial charge on any atom is -0.486 e. The summed E-state index contributed by atoms with van der Waals surface area (Å²) in [5.41, 5.74) is 0.890. The molecule has 0 aliphatic heterocycles. The van der Waals surface area contributed by atoms with Crippen molar-refractivity contribution in [2.45, 2.75) is 39.8 Å². The zero-order chi connectivity index (χ0) is 18.4. The fraction of sp³-hybridized carbons (Fsp3) is 0.350. The van der Waals surface area contributed by atoms with E-state index in [1.165, 1.54) is 6.92 Å². The number of allylic oxidation sites excluding steroid dienone is 9. The Bertz CT molecular complexity index is 550. The van der Waals surface area contributed by atoms with Crippen molar-refractivity contribution in [3.63, 3.8) is 0 Å². The molecule has 1 unspecified atom stereocenters. The lowest BCUT2D eigenvalue weighted by Gasteiger charge is -2.12. The molecule has 0 saturated heterocycles. The van der Waals surface area contributed by atoms with Crippen LogP contribution in [-0.4, -0.2) is 19.1 Å². The molecule has 0 N–H and O–H groups in total. The molecule has 2 nitrogen and oxygen atoms in total. The quantitative estimate of drug-likeness (QED) is 0.196. The summed E-state index contributed by atoms with van der Waals surface area (Å²) in [6, 6.07) is 0. The van der Waals surface area contributed by atoms with Gasteiger partial charge in [-0.05, 0) is 37.5 Å². The minimum absolute atomic E-state index is 0.0467. The van der Waals surface area contributed by atoms with Crippen LogP contribution in [0.2, 0.25) is 0 Å². The topological polar surface area (TPSA) is 26.3 Å². The highest BCUT2D eigenvalue weighted by atomic mass is 19.1. The molecule has 4 heteroatoms. The van der Waals surface area contributed by atoms with Crippen molar-refractivity contribution < 1.29 is 18.3 Å². The van der Waals surface area contributed by atoms with Gasteiger partial charge in [-0.2, -0.15) is 0 Å². The first-order chi connectivity index (χ1) is 11.5. The van der Waals surface area contributed by atoms with Gasteiger partial charge in [0.05, 0.1) is 0 Å². The van der Waals surface area contributed by atoms with Crippen molar-refractivity contribution in [2.24, 2.45) is 0 Å². The maximum Gasteiger partial charge on any atom is 0.165 e. The molecule has 1 aliphatic rings. The Labute approximate surface area is 143 Å². The molecule has 0 saturated carbocycles. The Kier molecular flexibility index (Phi) is 12.0. The average molecular weight is 336 g/mol. The zero-order valence-corrected chi connectivity index (χ0v) is 14.6. The molecule has 1 rings (SSSR count). The van der Waals surface area contributed by atoms with Crippen LogP contribution >= 0.6 is 0 Å². The first kappa shape index (κ1) is 21.8. The number of aldehydes is 1. The van der Waals surface area contributed by atoms with E-state index in [1.54, 1.807) is 0 Å². The first-order valence-corrected chi connectivity index (χ1v) is 8.03. The Morgan fingerprint density at radius 2 is 2.08 bits per heavy atom. The molecule has 0 heterocycles. The van der Waals surface area contributed by atoms with Gasteiger partial charge in [-0.25, -0.2) is 8.78 Å². The first-order valence-electron chi connectivity index (χ1n) is 8.03. The van der Waals surface area contributed by atoms with Gasteiger partial charge >= 0.3 is 0 Å². The van der Waals surface area contributed by atoms with Gasteiger partial charge in [0.25, 0.3) is 0 Å². The van der Waals surface area contributed by atoms with E-state index in [0.717, 1.165) is 24.1 Å². The summed E-state index contributed by atoms with van der Waals surface area (Å²) in [5, 5.41) is 0. The molecular formula is C20H26F2O2. The van der Waals surface area contributed by atoms with Crippen LogP contribution in [0.5, 0.6) is 0 Å². The molecular weight excluding hydrogens is 310 g/mol. The largest absolute Gasteiger partial charge is 0.486 e. The van der Waals surface area contributed by atoms with Gasteiger partial charge in [-0.3, -0.25) is 4.79 Å². The number of ether oxygens (including phenoxy) is 1. The van der Waals surface area contributed by atoms with Crippen LogP contribution in [0, 0.1) is 0 Å². The SMILES string of the molecule is C=C(C=O)/C=C(F)\C(=C/C(C)F)OC/C1=C/C=C\C/C=C\C1.CC. The molecule has 0 spiro atoms. The summed E-state index contributed by atoms with van der Waals surface area (Å²) >= 11 is 0. The van der Waals surface area contributed by atoms with Crippen molar-refractivity contribution >= 4 is 6.29 Å². The third-order valence-electron chi connectivity index (χ3n) is 2.78. The summed E-state index contributed by atoms with van der Waals surface area (Å²) in [5.74, 6) is -1.05. The number of alkyl halides is 1. The summed E-state index contributed by atoms with van der Waals surface area (Å²) in [6.45, 7) is 8.77. The third kappa shape index (κ3) is 9.72. The Balaban J connectivity index is 0.00000254. The van der Waals surface area contributed by atoms with Gasteiger partial charge in [0.1, 0.15) is 19.1 Å². The van der Waals surface area contributed by atoms with Crippen LogP contribution in [-0.2, 0) is 9.53 Å². The molecule has 0 aromatic heterocycles. The van der Waals surface area contributed by atoms with Gasteiger partial charge in [-0.1, -0.05) is 50.8 Å². The Morgan fingerprint density at radius 1 is 1.38 bits per heavy atom. The van der Waals surface area contributed by atoms with E-state index in [1.807, 2.05) is 44.2 Å². The summed E-state index contributed by atoms with van der Waals surface area (Å²) in [4.78, 5) is 10.5. The lowest BCUT2D eigenvalue weighted by Crippen LogP contribution is -2.02. The lowest BCUT2D eigenvalue weighted by atomic mass is 10.1. The Morgan fingerprint density at radius 3 is 2.71 bits per heavy atom. The second kappa shape index (κ2) is 13.2. The molecule has 1 aliphatic carbocycles. The number of hydrogen-bond acceptors (Lipinski definition) is 2. The summed E-state index contributed by atoms with van der Waals surface area (Å²) < 4.78 is 32.5. The van der Waals surface area contributed by atoms with Crippen LogP contribution in [0.25, 0.3) is 0 Å². The van der Waals surface area contributed by atoms with Crippen molar-refractivity contribution in [1.82, 2.24) is 0 Å². The average Bonchev–Trinajstić information content (AvgIpc) is 2.53. The zero-order valence-electron chi connectivity index (χ0n) is 14.6. The monoisotopic (exact) mass is 336 g/mol. The standard InChI is InChI=1S/C18H20F2O2.C2H6/c1-14(12-21)10-17(20)18(11-15(2)19)22-13-16-8-6-4-3-5-7-9-16;1-2/h4-8,10-12,15H,1,3,9,13H2,2H3;1-2H3/b6-4-,7-5-,16-8+,17-10+,18-11+;. The molecule has 0 radical (unpaired) electrons. The number of carbonyl (C=O) groups excluding carboxylic acids is 1. The van der Waals surface area contributed by atoms with Gasteiger partial charge in [0.15, 0.2) is 11.6 Å². The van der Waals surface area contributed by atoms with E-state index in [0.29, 0.717) is 12.7 Å². The minimum atomic E-state index is -1.37. The van der Waals surface area contributed by atoms with Gasteiger partial charge in [0, 0.05) is 5.57 Å². The summed E-state index contributed by atoms with van der Waals surface area (Å²) in [7, 11) is 0. The van der Waals surface area contributed by atoms with Crippen LogP contribution in [0.1, 0.15) is 33.6 Å². The fourth-order valence-electron chi connectivity index (χ4n) is 1.71. The van der Waals surface area contributed by atoms with E-state index in [2.05, 4.69) is 6.58 Å². The van der Waals surface area contributed by atoms with Gasteiger partial charge in [0.2, 0.25) is 0 Å². The molecule has 132 valence electrons. The second-order valence-corrected chi connectivity index (χ2v) is 4.85. The smallest absolute Gasteiger partial charge is 0.165 e. The van der Waals surface area contributed by atoms with Crippen LogP contribution in [0.3, 0.4) is 0 Å². The van der Waals surface area contributed by atoms with Crippen molar-refractivity contribution in [2.75, 3.05) is 6.61 Å². The molecule has 0 aromatic carbocycles. The molecule has 24 heavy (non-hydrogen) atoms. The molecule has 1 atom stereocenters. The molecule has 0 bridgehead atoms. The molecule has 0 fully saturated rings. The highest BCUT2D eigenvalue weighted by Crippen LogP contribution is 2.19. The number of halogens is 2. The van der Waals surface area contributed by atoms with Gasteiger partial charge in [-0.15, -0.1) is 0 Å². The summed E-state index contributed by atoms with van der Waals surface area (Å²) in [6.07, 6.45) is 12.4. The van der Waals surface area contributed by atoms with Crippen molar-refractivity contribution in [3.8, 4) is 0 Å². The van der Waals surface area contributed by atoms with Crippen LogP contribution < -0.4 is 0 Å². The highest BCUT2D eigenvalue weighted by Gasteiger charge is 2.10. The van der Waals surface area contributed by atoms with E-state index < -0.39 is 12.0 Å². The van der Waals surface area contributed by atoms with Crippen LogP contribution in [0.15, 0.2) is 71.8 Å². The number of carbonyl (C=O) groups is 1. The maximum atomic E-state index is 14.0.